The molecule has 7 aromatic carbocycles. The van der Waals surface area contributed by atoms with Crippen LogP contribution in [-0.2, 0) is 27.1 Å². The Labute approximate surface area is 400 Å². The maximum absolute atomic E-state index is 7.15. The Morgan fingerprint density at radius 2 is 0.925 bits per heavy atom. The first-order valence-electron chi connectivity index (χ1n) is 24.3. The van der Waals surface area contributed by atoms with Crippen molar-refractivity contribution in [2.45, 2.75) is 131 Å². The summed E-state index contributed by atoms with van der Waals surface area (Å²) in [5, 5.41) is 2.15. The number of rotatable bonds is 4. The molecule has 10 rings (SSSR count). The summed E-state index contributed by atoms with van der Waals surface area (Å²) in [6.07, 6.45) is 0. The van der Waals surface area contributed by atoms with Crippen molar-refractivity contribution in [1.29, 1.82) is 0 Å². The van der Waals surface area contributed by atoms with Crippen LogP contribution in [0.25, 0.3) is 21.9 Å². The largest absolute Gasteiger partial charge is 0.458 e. The normalized spacial score (nSPS) is 14.0. The number of hydrogen-bond donors (Lipinski definition) is 0. The first-order valence-corrected chi connectivity index (χ1v) is 24.3. The van der Waals surface area contributed by atoms with E-state index in [0.29, 0.717) is 0 Å². The lowest BCUT2D eigenvalue weighted by Gasteiger charge is -2.42. The van der Waals surface area contributed by atoms with Gasteiger partial charge in [-0.1, -0.05) is 171 Å². The smallest absolute Gasteiger partial charge is 0.256 e. The molecule has 67 heavy (non-hydrogen) atoms. The zero-order chi connectivity index (χ0) is 47.7. The molecule has 1 aromatic heterocycles. The first-order chi connectivity index (χ1) is 31.4. The second-order valence-electron chi connectivity index (χ2n) is 24.4. The highest BCUT2D eigenvalue weighted by Gasteiger charge is 2.44. The van der Waals surface area contributed by atoms with Crippen molar-refractivity contribution >= 4 is 79.2 Å². The lowest BCUT2D eigenvalue weighted by molar-refractivity contribution is 0.482. The van der Waals surface area contributed by atoms with Crippen molar-refractivity contribution < 1.29 is 9.15 Å². The fourth-order valence-corrected chi connectivity index (χ4v) is 10.1. The third-order valence-electron chi connectivity index (χ3n) is 14.3. The summed E-state index contributed by atoms with van der Waals surface area (Å²) in [7, 11) is 0. The Kier molecular flexibility index (Phi) is 10.1. The lowest BCUT2D eigenvalue weighted by atomic mass is 9.33. The zero-order valence-electron chi connectivity index (χ0n) is 42.5. The van der Waals surface area contributed by atoms with E-state index < -0.39 is 0 Å². The van der Waals surface area contributed by atoms with E-state index in [-0.39, 0.29) is 33.8 Å². The average molecular weight is 883 g/mol. The molecule has 0 aliphatic carbocycles. The van der Waals surface area contributed by atoms with Crippen LogP contribution in [0.15, 0.2) is 138 Å². The number of para-hydroxylation sites is 1. The molecule has 2 aliphatic rings. The number of furan rings is 1. The molecule has 4 nitrogen and oxygen atoms in total. The highest BCUT2D eigenvalue weighted by Crippen LogP contribution is 2.50. The van der Waals surface area contributed by atoms with Gasteiger partial charge in [-0.25, -0.2) is 0 Å². The fourth-order valence-electron chi connectivity index (χ4n) is 10.1. The van der Waals surface area contributed by atoms with Crippen LogP contribution < -0.4 is 30.9 Å². The van der Waals surface area contributed by atoms with Crippen molar-refractivity contribution in [3.63, 3.8) is 0 Å². The van der Waals surface area contributed by atoms with Crippen molar-refractivity contribution in [2.75, 3.05) is 9.80 Å². The minimum Gasteiger partial charge on any atom is -0.458 e. The van der Waals surface area contributed by atoms with E-state index in [1.165, 1.54) is 44.2 Å². The van der Waals surface area contributed by atoms with Gasteiger partial charge in [-0.2, -0.15) is 0 Å². The summed E-state index contributed by atoms with van der Waals surface area (Å²) in [6.45, 7) is 34.4. The van der Waals surface area contributed by atoms with Gasteiger partial charge < -0.3 is 19.0 Å². The first kappa shape index (κ1) is 44.6. The third kappa shape index (κ3) is 7.73. The maximum atomic E-state index is 7.15. The molecule has 2 aliphatic heterocycles. The Bertz CT molecular complexity index is 3170. The molecule has 0 atom stereocenters. The summed E-state index contributed by atoms with van der Waals surface area (Å²) in [5.41, 5.74) is 18.0. The Morgan fingerprint density at radius 3 is 1.49 bits per heavy atom. The molecule has 0 unspecified atom stereocenters. The summed E-state index contributed by atoms with van der Waals surface area (Å²) in [6, 6.07) is 50.3. The average Bonchev–Trinajstić information content (AvgIpc) is 3.63. The molecule has 5 heteroatoms. The van der Waals surface area contributed by atoms with Gasteiger partial charge in [0.25, 0.3) is 6.71 Å². The number of hydrogen-bond acceptors (Lipinski definition) is 4. The Balaban J connectivity index is 1.31. The summed E-state index contributed by atoms with van der Waals surface area (Å²) in [5.74, 6) is 1.84. The minimum absolute atomic E-state index is 0.0190. The highest BCUT2D eigenvalue weighted by molar-refractivity contribution is 6.99. The van der Waals surface area contributed by atoms with E-state index >= 15 is 0 Å². The van der Waals surface area contributed by atoms with Crippen molar-refractivity contribution in [3.8, 4) is 11.5 Å². The molecule has 0 saturated heterocycles. The second-order valence-corrected chi connectivity index (χ2v) is 24.4. The SMILES string of the molecule is CC(C)(C)c1ccc(N(c2ccc(C(C)(C)C)cc2)c2cc(N3c4ccc(C(C)(C)C)cc4B4c5cc(C(C)(C)C)ccc5Oc5cc(C(C)(C)C)cc3c54)c3oc4ccccc4c3c2)cc1. The van der Waals surface area contributed by atoms with Gasteiger partial charge >= 0.3 is 0 Å². The van der Waals surface area contributed by atoms with E-state index in [1.54, 1.807) is 0 Å². The Hall–Kier alpha value is -6.20. The lowest BCUT2D eigenvalue weighted by Crippen LogP contribution is -2.60. The third-order valence-corrected chi connectivity index (χ3v) is 14.3. The van der Waals surface area contributed by atoms with Gasteiger partial charge in [-0.05, 0) is 138 Å². The monoisotopic (exact) mass is 883 g/mol. The van der Waals surface area contributed by atoms with Crippen LogP contribution in [0, 0.1) is 0 Å². The van der Waals surface area contributed by atoms with Crippen LogP contribution >= 0.6 is 0 Å². The fraction of sp³-hybridized carbons (Fsp3) is 0.323. The van der Waals surface area contributed by atoms with Gasteiger partial charge in [0.15, 0.2) is 5.58 Å². The molecule has 0 radical (unpaired) electrons. The van der Waals surface area contributed by atoms with Crippen molar-refractivity contribution in [1.82, 2.24) is 0 Å². The molecule has 0 fully saturated rings. The standard InChI is InChI=1S/C62H67BN2O2/c1-58(2,3)38-20-26-43(27-21-38)64(44-28-22-39(23-29-44)59(4,5)6)45-36-47-46-18-16-17-19-53(46)67-57(47)52(37-45)65-50-30-24-40(60(7,8)9)32-48(50)63-49-33-41(61(10,11)12)25-31-54(49)66-55-35-42(62(13,14)15)34-51(65)56(55)63/h16-37H,1-15H3. The van der Waals surface area contributed by atoms with Crippen LogP contribution in [0.2, 0.25) is 0 Å². The van der Waals surface area contributed by atoms with E-state index in [4.69, 9.17) is 9.15 Å². The van der Waals surface area contributed by atoms with Crippen LogP contribution in [-0.4, -0.2) is 6.71 Å². The summed E-state index contributed by atoms with van der Waals surface area (Å²) >= 11 is 0. The van der Waals surface area contributed by atoms with Crippen LogP contribution in [0.5, 0.6) is 11.5 Å². The number of benzene rings is 7. The van der Waals surface area contributed by atoms with E-state index in [9.17, 15) is 0 Å². The Morgan fingerprint density at radius 1 is 0.403 bits per heavy atom. The molecule has 340 valence electrons. The predicted molar refractivity (Wildman–Crippen MR) is 288 cm³/mol. The van der Waals surface area contributed by atoms with Gasteiger partial charge in [0.05, 0.1) is 5.69 Å². The molecule has 3 heterocycles. The van der Waals surface area contributed by atoms with Crippen molar-refractivity contribution in [3.05, 3.63) is 161 Å². The minimum atomic E-state index is -0.158. The zero-order valence-corrected chi connectivity index (χ0v) is 42.5. The molecular weight excluding hydrogens is 816 g/mol. The molecule has 0 spiro atoms. The number of anilines is 6. The van der Waals surface area contributed by atoms with Gasteiger partial charge in [-0.15, -0.1) is 0 Å². The quantitative estimate of drug-likeness (QED) is 0.165. The van der Waals surface area contributed by atoms with E-state index in [0.717, 1.165) is 67.6 Å². The molecule has 0 saturated carbocycles. The topological polar surface area (TPSA) is 28.9 Å². The predicted octanol–water partition coefficient (Wildman–Crippen LogP) is 15.9. The van der Waals surface area contributed by atoms with Crippen LogP contribution in [0.1, 0.15) is 132 Å². The van der Waals surface area contributed by atoms with Gasteiger partial charge in [0.2, 0.25) is 0 Å². The van der Waals surface area contributed by atoms with Crippen LogP contribution in [0.4, 0.5) is 34.1 Å². The highest BCUT2D eigenvalue weighted by atomic mass is 16.5. The number of ether oxygens (including phenoxy) is 1. The van der Waals surface area contributed by atoms with Crippen molar-refractivity contribution in [2.24, 2.45) is 0 Å². The molecule has 0 bridgehead atoms. The number of fused-ring (bicyclic) bond motifs is 7. The van der Waals surface area contributed by atoms with Gasteiger partial charge in [0, 0.05) is 39.2 Å². The van der Waals surface area contributed by atoms with Gasteiger partial charge in [0.1, 0.15) is 17.1 Å². The maximum Gasteiger partial charge on any atom is 0.256 e. The summed E-state index contributed by atoms with van der Waals surface area (Å²) in [4.78, 5) is 4.93. The van der Waals surface area contributed by atoms with Crippen LogP contribution in [0.3, 0.4) is 0 Å². The molecule has 0 N–H and O–H groups in total. The molecule has 0 amide bonds. The van der Waals surface area contributed by atoms with Gasteiger partial charge in [-0.3, -0.25) is 0 Å². The second kappa shape index (κ2) is 15.2. The van der Waals surface area contributed by atoms with E-state index in [1.807, 2.05) is 0 Å². The number of nitrogens with zero attached hydrogens (tertiary/aromatic N) is 2. The van der Waals surface area contributed by atoms with E-state index in [2.05, 4.69) is 247 Å². The summed E-state index contributed by atoms with van der Waals surface area (Å²) < 4.78 is 14.3. The molecular formula is C62H67BN2O2. The molecule has 8 aromatic rings.